The molecule has 0 aliphatic carbocycles. The Morgan fingerprint density at radius 3 is 2.67 bits per heavy atom. The summed E-state index contributed by atoms with van der Waals surface area (Å²) in [4.78, 5) is 7.18. The number of para-hydroxylation sites is 1. The molecule has 3 rings (SSSR count). The normalized spacial score (nSPS) is 14.5. The molecule has 1 fully saturated rings. The summed E-state index contributed by atoms with van der Waals surface area (Å²) in [6.07, 6.45) is 0.803. The molecule has 1 aliphatic rings. The molecule has 2 aromatic carbocycles. The van der Waals surface area contributed by atoms with Crippen LogP contribution in [0.4, 0.5) is 5.69 Å². The first-order valence-electron chi connectivity index (χ1n) is 10.5. The van der Waals surface area contributed by atoms with E-state index in [9.17, 15) is 0 Å². The lowest BCUT2D eigenvalue weighted by Crippen LogP contribution is -2.38. The highest BCUT2D eigenvalue weighted by molar-refractivity contribution is 6.31. The van der Waals surface area contributed by atoms with E-state index >= 15 is 0 Å². The average Bonchev–Trinajstić information content (AvgIpc) is 2.79. The second-order valence-electron chi connectivity index (χ2n) is 7.06. The molecule has 162 valence electrons. The molecule has 0 saturated carbocycles. The molecule has 0 atom stereocenters. The molecule has 1 saturated heterocycles. The maximum Gasteiger partial charge on any atom is 0.191 e. The third-order valence-electron chi connectivity index (χ3n) is 5.04. The van der Waals surface area contributed by atoms with Crippen molar-refractivity contribution in [2.24, 2.45) is 4.99 Å². The predicted octanol–water partition coefficient (Wildman–Crippen LogP) is 3.48. The van der Waals surface area contributed by atoms with Gasteiger partial charge in [0.15, 0.2) is 5.96 Å². The first-order chi connectivity index (χ1) is 14.7. The number of benzene rings is 2. The quantitative estimate of drug-likeness (QED) is 0.496. The molecule has 2 aromatic rings. The van der Waals surface area contributed by atoms with Crippen molar-refractivity contribution in [1.82, 2.24) is 10.6 Å². The van der Waals surface area contributed by atoms with Gasteiger partial charge in [-0.25, -0.2) is 4.99 Å². The maximum atomic E-state index is 6.35. The molecule has 6 nitrogen and oxygen atoms in total. The number of nitrogens with one attached hydrogen (secondary N) is 2. The van der Waals surface area contributed by atoms with Crippen molar-refractivity contribution in [3.05, 3.63) is 58.6 Å². The zero-order valence-electron chi connectivity index (χ0n) is 17.8. The first kappa shape index (κ1) is 22.2. The van der Waals surface area contributed by atoms with Gasteiger partial charge in [-0.15, -0.1) is 0 Å². The number of nitrogens with zero attached hydrogens (tertiary/aromatic N) is 2. The Balaban J connectivity index is 1.61. The summed E-state index contributed by atoms with van der Waals surface area (Å²) < 4.78 is 10.7. The third kappa shape index (κ3) is 6.28. The van der Waals surface area contributed by atoms with Gasteiger partial charge in [-0.05, 0) is 42.7 Å². The highest BCUT2D eigenvalue weighted by atomic mass is 35.5. The van der Waals surface area contributed by atoms with Crippen molar-refractivity contribution in [3.8, 4) is 5.75 Å². The monoisotopic (exact) mass is 430 g/mol. The van der Waals surface area contributed by atoms with E-state index in [1.807, 2.05) is 18.2 Å². The Bertz CT molecular complexity index is 838. The Morgan fingerprint density at radius 1 is 1.13 bits per heavy atom. The SMILES string of the molecule is CCNC(=NCc1ccccc1N1CCOCC1)NCCc1ccc(OC)cc1Cl. The van der Waals surface area contributed by atoms with E-state index in [1.54, 1.807) is 7.11 Å². The van der Waals surface area contributed by atoms with Gasteiger partial charge in [0.1, 0.15) is 5.75 Å². The summed E-state index contributed by atoms with van der Waals surface area (Å²) in [5.74, 6) is 1.57. The van der Waals surface area contributed by atoms with Crippen molar-refractivity contribution in [3.63, 3.8) is 0 Å². The molecule has 2 N–H and O–H groups in total. The molecule has 0 radical (unpaired) electrons. The van der Waals surface area contributed by atoms with E-state index < -0.39 is 0 Å². The second kappa shape index (κ2) is 11.7. The number of halogens is 1. The lowest BCUT2D eigenvalue weighted by molar-refractivity contribution is 0.122. The van der Waals surface area contributed by atoms with Crippen LogP contribution in [-0.4, -0.2) is 52.5 Å². The van der Waals surface area contributed by atoms with Gasteiger partial charge in [-0.2, -0.15) is 0 Å². The predicted molar refractivity (Wildman–Crippen MR) is 124 cm³/mol. The van der Waals surface area contributed by atoms with Crippen LogP contribution in [0, 0.1) is 0 Å². The zero-order chi connectivity index (χ0) is 21.2. The number of hydrogen-bond acceptors (Lipinski definition) is 4. The van der Waals surface area contributed by atoms with E-state index in [0.717, 1.165) is 68.1 Å². The molecule has 0 unspecified atom stereocenters. The highest BCUT2D eigenvalue weighted by Gasteiger charge is 2.14. The van der Waals surface area contributed by atoms with Crippen LogP contribution in [0.1, 0.15) is 18.1 Å². The third-order valence-corrected chi connectivity index (χ3v) is 5.39. The van der Waals surface area contributed by atoms with Gasteiger partial charge in [0, 0.05) is 36.9 Å². The largest absolute Gasteiger partial charge is 0.497 e. The number of aliphatic imine (C=N–C) groups is 1. The van der Waals surface area contributed by atoms with Gasteiger partial charge in [0.05, 0.1) is 26.9 Å². The van der Waals surface area contributed by atoms with Gasteiger partial charge in [-0.1, -0.05) is 35.9 Å². The van der Waals surface area contributed by atoms with Crippen LogP contribution < -0.4 is 20.3 Å². The van der Waals surface area contributed by atoms with Crippen molar-refractivity contribution in [1.29, 1.82) is 0 Å². The molecule has 1 aliphatic heterocycles. The number of morpholine rings is 1. The number of anilines is 1. The summed E-state index contributed by atoms with van der Waals surface area (Å²) in [5.41, 5.74) is 3.54. The summed E-state index contributed by atoms with van der Waals surface area (Å²) >= 11 is 6.35. The van der Waals surface area contributed by atoms with Crippen molar-refractivity contribution in [2.75, 3.05) is 51.4 Å². The Morgan fingerprint density at radius 2 is 1.93 bits per heavy atom. The van der Waals surface area contributed by atoms with Gasteiger partial charge < -0.3 is 25.0 Å². The number of guanidine groups is 1. The molecule has 7 heteroatoms. The van der Waals surface area contributed by atoms with E-state index in [1.165, 1.54) is 11.3 Å². The second-order valence-corrected chi connectivity index (χ2v) is 7.46. The summed E-state index contributed by atoms with van der Waals surface area (Å²) in [6, 6.07) is 14.3. The van der Waals surface area contributed by atoms with Crippen LogP contribution in [0.25, 0.3) is 0 Å². The fourth-order valence-electron chi connectivity index (χ4n) is 3.44. The molecule has 30 heavy (non-hydrogen) atoms. The molecule has 0 aromatic heterocycles. The van der Waals surface area contributed by atoms with Gasteiger partial charge >= 0.3 is 0 Å². The molecule has 0 bridgehead atoms. The molecule has 1 heterocycles. The fraction of sp³-hybridized carbons (Fsp3) is 0.435. The summed E-state index contributed by atoms with van der Waals surface area (Å²) in [7, 11) is 1.64. The summed E-state index contributed by atoms with van der Waals surface area (Å²) in [6.45, 7) is 7.61. The minimum atomic E-state index is 0.617. The Kier molecular flexibility index (Phi) is 8.66. The minimum Gasteiger partial charge on any atom is -0.497 e. The van der Waals surface area contributed by atoms with Crippen LogP contribution in [0.15, 0.2) is 47.5 Å². The highest BCUT2D eigenvalue weighted by Crippen LogP contribution is 2.23. The first-order valence-corrected chi connectivity index (χ1v) is 10.8. The standard InChI is InChI=1S/C23H31ClN4O2/c1-3-25-23(26-11-10-18-8-9-20(29-2)16-21(18)24)27-17-19-6-4-5-7-22(19)28-12-14-30-15-13-28/h4-9,16H,3,10-15,17H2,1-2H3,(H2,25,26,27). The number of methoxy groups -OCH3 is 1. The minimum absolute atomic E-state index is 0.617. The van der Waals surface area contributed by atoms with E-state index in [2.05, 4.69) is 46.7 Å². The lowest BCUT2D eigenvalue weighted by atomic mass is 10.1. The zero-order valence-corrected chi connectivity index (χ0v) is 18.5. The molecule has 0 spiro atoms. The van der Waals surface area contributed by atoms with Crippen LogP contribution in [0.5, 0.6) is 5.75 Å². The van der Waals surface area contributed by atoms with E-state index in [0.29, 0.717) is 6.54 Å². The molecular weight excluding hydrogens is 400 g/mol. The Hall–Kier alpha value is -2.44. The fourth-order valence-corrected chi connectivity index (χ4v) is 3.70. The van der Waals surface area contributed by atoms with E-state index in [-0.39, 0.29) is 0 Å². The van der Waals surface area contributed by atoms with Crippen LogP contribution in [0.2, 0.25) is 5.02 Å². The van der Waals surface area contributed by atoms with Crippen LogP contribution in [-0.2, 0) is 17.7 Å². The van der Waals surface area contributed by atoms with Crippen molar-refractivity contribution >= 4 is 23.2 Å². The number of rotatable bonds is 8. The van der Waals surface area contributed by atoms with Crippen molar-refractivity contribution in [2.45, 2.75) is 19.9 Å². The van der Waals surface area contributed by atoms with Crippen LogP contribution >= 0.6 is 11.6 Å². The lowest BCUT2D eigenvalue weighted by Gasteiger charge is -2.30. The van der Waals surface area contributed by atoms with Gasteiger partial charge in [0.2, 0.25) is 0 Å². The molecule has 0 amide bonds. The number of ether oxygens (including phenoxy) is 2. The number of hydrogen-bond donors (Lipinski definition) is 2. The smallest absolute Gasteiger partial charge is 0.191 e. The van der Waals surface area contributed by atoms with Crippen LogP contribution in [0.3, 0.4) is 0 Å². The van der Waals surface area contributed by atoms with Crippen molar-refractivity contribution < 1.29 is 9.47 Å². The Labute approximate surface area is 184 Å². The van der Waals surface area contributed by atoms with E-state index in [4.69, 9.17) is 26.1 Å². The topological polar surface area (TPSA) is 58.1 Å². The maximum absolute atomic E-state index is 6.35. The molecular formula is C23H31ClN4O2. The van der Waals surface area contributed by atoms with Gasteiger partial charge in [-0.3, -0.25) is 0 Å². The average molecular weight is 431 g/mol. The summed E-state index contributed by atoms with van der Waals surface area (Å²) in [5, 5.41) is 7.45. The van der Waals surface area contributed by atoms with Gasteiger partial charge in [0.25, 0.3) is 0 Å².